The number of piperazine rings is 1. The number of anilines is 2. The topological polar surface area (TPSA) is 122 Å². The zero-order chi connectivity index (χ0) is 44.3. The van der Waals surface area contributed by atoms with E-state index < -0.39 is 5.79 Å². The van der Waals surface area contributed by atoms with Gasteiger partial charge < -0.3 is 28.7 Å². The van der Waals surface area contributed by atoms with E-state index in [9.17, 15) is 9.59 Å². The van der Waals surface area contributed by atoms with Gasteiger partial charge in [-0.05, 0) is 117 Å². The van der Waals surface area contributed by atoms with Crippen molar-refractivity contribution in [2.24, 2.45) is 0 Å². The Kier molecular flexibility index (Phi) is 13.2. The Labute approximate surface area is 377 Å². The van der Waals surface area contributed by atoms with Gasteiger partial charge in [0.15, 0.2) is 6.54 Å². The second-order valence-corrected chi connectivity index (χ2v) is 17.1. The van der Waals surface area contributed by atoms with Crippen molar-refractivity contribution in [3.8, 4) is 17.2 Å². The molecular weight excluding hydrogens is 843 g/mol. The summed E-state index contributed by atoms with van der Waals surface area (Å²) in [6.07, 6.45) is 6.43. The summed E-state index contributed by atoms with van der Waals surface area (Å²) in [7, 11) is 0. The average molecular weight is 897 g/mol. The maximum absolute atomic E-state index is 12.9. The summed E-state index contributed by atoms with van der Waals surface area (Å²) in [6, 6.07) is 25.8. The molecule has 0 bridgehead atoms. The Morgan fingerprint density at radius 3 is 2.21 bits per heavy atom. The number of hydrogen-bond acceptors (Lipinski definition) is 10. The second kappa shape index (κ2) is 19.0. The first-order valence-electron chi connectivity index (χ1n) is 21.3. The minimum Gasteiger partial charge on any atom is -0.493 e. The third kappa shape index (κ3) is 9.94. The molecule has 0 saturated carbocycles. The smallest absolute Gasteiger partial charge is 0.350 e. The van der Waals surface area contributed by atoms with Crippen molar-refractivity contribution in [3.63, 3.8) is 0 Å². The van der Waals surface area contributed by atoms with Gasteiger partial charge in [-0.25, -0.2) is 18.6 Å². The fourth-order valence-electron chi connectivity index (χ4n) is 8.28. The molecule has 2 aromatic heterocycles. The molecule has 3 atom stereocenters. The molecule has 0 amide bonds. The van der Waals surface area contributed by atoms with E-state index in [0.717, 1.165) is 72.1 Å². The number of nitrogens with zero attached hydrogens (tertiary/aromatic N) is 8. The van der Waals surface area contributed by atoms with Crippen molar-refractivity contribution >= 4 is 40.5 Å². The molecule has 2 fully saturated rings. The van der Waals surface area contributed by atoms with E-state index in [1.165, 1.54) is 11.6 Å². The average Bonchev–Trinajstić information content (AvgIpc) is 4.01. The number of halogens is 2. The zero-order valence-corrected chi connectivity index (χ0v) is 37.8. The largest absolute Gasteiger partial charge is 0.493 e. The van der Waals surface area contributed by atoms with Gasteiger partial charge in [0.25, 0.3) is 6.33 Å². The monoisotopic (exact) mass is 895 g/mol. The fourth-order valence-corrected chi connectivity index (χ4v) is 8.83. The second-order valence-electron chi connectivity index (χ2n) is 16.3. The van der Waals surface area contributed by atoms with E-state index in [1.54, 1.807) is 34.0 Å². The number of benzene rings is 4. The Bertz CT molecular complexity index is 2580. The van der Waals surface area contributed by atoms with Gasteiger partial charge in [-0.3, -0.25) is 4.79 Å². The van der Waals surface area contributed by atoms with Crippen molar-refractivity contribution in [2.75, 3.05) is 49.2 Å². The maximum Gasteiger partial charge on any atom is 0.350 e. The molecule has 8 rings (SSSR count). The Balaban J connectivity index is 0.842. The molecule has 14 nitrogen and oxygen atoms in total. The number of esters is 1. The highest BCUT2D eigenvalue weighted by Crippen LogP contribution is 2.41. The fraction of sp³-hybridized carbons (Fsp3) is 0.383. The zero-order valence-electron chi connectivity index (χ0n) is 36.2. The maximum atomic E-state index is 12.9. The Morgan fingerprint density at radius 1 is 0.921 bits per heavy atom. The lowest BCUT2D eigenvalue weighted by molar-refractivity contribution is -0.689. The van der Waals surface area contributed by atoms with Crippen molar-refractivity contribution in [3.05, 3.63) is 141 Å². The molecule has 2 aliphatic heterocycles. The third-order valence-electron chi connectivity index (χ3n) is 11.7. The van der Waals surface area contributed by atoms with Crippen LogP contribution in [-0.2, 0) is 33.1 Å². The molecule has 4 aromatic carbocycles. The number of hydrogen-bond donors (Lipinski definition) is 0. The van der Waals surface area contributed by atoms with E-state index in [2.05, 4.69) is 44.3 Å². The number of ether oxygens (including phenoxy) is 4. The molecule has 4 heterocycles. The van der Waals surface area contributed by atoms with Crippen LogP contribution in [0.1, 0.15) is 61.9 Å². The summed E-state index contributed by atoms with van der Waals surface area (Å²) in [5.41, 5.74) is 6.45. The lowest BCUT2D eigenvalue weighted by atomic mass is 10.1. The van der Waals surface area contributed by atoms with Gasteiger partial charge in [0.05, 0.1) is 42.6 Å². The molecule has 3 unspecified atom stereocenters. The molecule has 0 aliphatic carbocycles. The van der Waals surface area contributed by atoms with Crippen LogP contribution in [0.5, 0.6) is 11.5 Å². The van der Waals surface area contributed by atoms with Crippen molar-refractivity contribution in [1.82, 2.24) is 24.1 Å². The summed E-state index contributed by atoms with van der Waals surface area (Å²) in [4.78, 5) is 29.2. The first-order chi connectivity index (χ1) is 30.4. The highest BCUT2D eigenvalue weighted by molar-refractivity contribution is 6.35. The molecule has 330 valence electrons. The Morgan fingerprint density at radius 2 is 1.57 bits per heavy atom. The van der Waals surface area contributed by atoms with E-state index in [1.807, 2.05) is 81.1 Å². The quantitative estimate of drug-likeness (QED) is 0.0584. The van der Waals surface area contributed by atoms with E-state index in [0.29, 0.717) is 47.5 Å². The lowest BCUT2D eigenvalue weighted by Crippen LogP contribution is -2.46. The summed E-state index contributed by atoms with van der Waals surface area (Å²) in [6.45, 7) is 14.4. The van der Waals surface area contributed by atoms with Crippen LogP contribution in [0.4, 0.5) is 11.4 Å². The van der Waals surface area contributed by atoms with Crippen LogP contribution in [0.3, 0.4) is 0 Å². The van der Waals surface area contributed by atoms with E-state index in [-0.39, 0.29) is 30.3 Å². The molecule has 2 aliphatic rings. The van der Waals surface area contributed by atoms with Crippen LogP contribution < -0.4 is 29.5 Å². The standard InChI is InChI=1S/C47H53Cl2N8O6/c1-6-34(4)57-46(59)56(30-51-57)40-10-8-38(9-11-40)53-18-20-54(21-19-53)39-12-14-41(15-13-39)60-22-17-42-27-61-47(63-42,43-16-7-37(48)25-44(43)49)28-55-31-52(29-50-55)26-36-23-32(2)45(33(3)24-36)62-35(5)58/h7-16,23-25,29-31,34,42H,6,17-22,26-28H2,1-5H3/q+1. The lowest BCUT2D eigenvalue weighted by Gasteiger charge is -2.37. The number of carbonyl (C=O) groups is 1. The normalized spacial score (nSPS) is 18.2. The summed E-state index contributed by atoms with van der Waals surface area (Å²) in [5.74, 6) is -0.178. The van der Waals surface area contributed by atoms with Crippen molar-refractivity contribution < 1.29 is 28.3 Å². The number of carbonyl (C=O) groups excluding carboxylic acids is 1. The minimum atomic E-state index is -1.21. The van der Waals surface area contributed by atoms with Gasteiger partial charge in [-0.1, -0.05) is 36.2 Å². The van der Waals surface area contributed by atoms with E-state index in [4.69, 9.17) is 42.1 Å². The van der Waals surface area contributed by atoms with E-state index >= 15 is 0 Å². The van der Waals surface area contributed by atoms with Gasteiger partial charge in [0.2, 0.25) is 12.1 Å². The molecule has 63 heavy (non-hydrogen) atoms. The molecule has 16 heteroatoms. The SMILES string of the molecule is CCC(C)n1ncn(-c2ccc(N3CCN(c4ccc(OCCC5COC(Cn6c[n+](Cc7cc(C)c(OC(C)=O)c(C)c7)cn6)(c6ccc(Cl)cc6Cl)O5)cc4)CC3)cc2)c1=O. The molecule has 0 radical (unpaired) electrons. The first-order valence-corrected chi connectivity index (χ1v) is 22.1. The summed E-state index contributed by atoms with van der Waals surface area (Å²) >= 11 is 13.1. The summed E-state index contributed by atoms with van der Waals surface area (Å²) < 4.78 is 31.7. The van der Waals surface area contributed by atoms with Crippen LogP contribution in [0, 0.1) is 13.8 Å². The molecule has 0 spiro atoms. The molecule has 6 aromatic rings. The van der Waals surface area contributed by atoms with Gasteiger partial charge in [0.1, 0.15) is 17.8 Å². The highest BCUT2D eigenvalue weighted by atomic mass is 35.5. The predicted molar refractivity (Wildman–Crippen MR) is 242 cm³/mol. The number of aryl methyl sites for hydroxylation is 2. The van der Waals surface area contributed by atoms with Crippen molar-refractivity contribution in [1.29, 1.82) is 0 Å². The first kappa shape index (κ1) is 44.0. The Hall–Kier alpha value is -5.67. The minimum absolute atomic E-state index is 0.0557. The predicted octanol–water partition coefficient (Wildman–Crippen LogP) is 7.45. The molecule has 2 saturated heterocycles. The van der Waals surface area contributed by atoms with Gasteiger partial charge in [-0.15, -0.1) is 4.68 Å². The molecular formula is C47H53Cl2N8O6+. The molecule has 0 N–H and O–H groups in total. The van der Waals surface area contributed by atoms with Crippen LogP contribution >= 0.6 is 23.2 Å². The van der Waals surface area contributed by atoms with Gasteiger partial charge in [-0.2, -0.15) is 5.10 Å². The van der Waals surface area contributed by atoms with Crippen LogP contribution in [0.25, 0.3) is 5.69 Å². The third-order valence-corrected chi connectivity index (χ3v) is 12.3. The van der Waals surface area contributed by atoms with Gasteiger partial charge in [0, 0.05) is 66.6 Å². The highest BCUT2D eigenvalue weighted by Gasteiger charge is 2.47. The number of aromatic nitrogens is 6. The van der Waals surface area contributed by atoms with Gasteiger partial charge >= 0.3 is 11.7 Å². The van der Waals surface area contributed by atoms with Crippen molar-refractivity contribution in [2.45, 2.75) is 78.5 Å². The van der Waals surface area contributed by atoms with Crippen LogP contribution in [-0.4, -0.2) is 75.6 Å². The van der Waals surface area contributed by atoms with Crippen LogP contribution in [0.2, 0.25) is 10.0 Å². The van der Waals surface area contributed by atoms with Crippen LogP contribution in [0.15, 0.2) is 103 Å². The summed E-state index contributed by atoms with van der Waals surface area (Å²) in [5, 5.41) is 9.91. The number of rotatable bonds is 15.